The standard InChI is InChI=1S/C50H32N2O/c1-4-15-33(16-5-1)36-22-14-23-37(27-36)39-28-40(44-31-38-21-10-11-24-42(38)49-48(44)43-25-12-13-26-47(43)53-49)30-41(29-39)46-32-45(34-17-6-2-7-18-34)51-50(52-46)35-19-8-3-9-20-35/h1-32H. The van der Waals surface area contributed by atoms with Gasteiger partial charge in [-0.1, -0.05) is 152 Å². The summed E-state index contributed by atoms with van der Waals surface area (Å²) in [6.07, 6.45) is 0. The lowest BCUT2D eigenvalue weighted by Crippen LogP contribution is -1.96. The molecule has 0 bridgehead atoms. The zero-order valence-corrected chi connectivity index (χ0v) is 28.8. The van der Waals surface area contributed by atoms with E-state index in [4.69, 9.17) is 14.4 Å². The Kier molecular flexibility index (Phi) is 7.47. The van der Waals surface area contributed by atoms with Crippen LogP contribution in [-0.2, 0) is 0 Å². The smallest absolute Gasteiger partial charge is 0.160 e. The lowest BCUT2D eigenvalue weighted by molar-refractivity contribution is 0.673. The highest BCUT2D eigenvalue weighted by molar-refractivity contribution is 6.21. The van der Waals surface area contributed by atoms with E-state index in [2.05, 4.69) is 164 Å². The summed E-state index contributed by atoms with van der Waals surface area (Å²) < 4.78 is 6.63. The summed E-state index contributed by atoms with van der Waals surface area (Å²) in [5.74, 6) is 0.689. The Morgan fingerprint density at radius 3 is 1.62 bits per heavy atom. The fourth-order valence-electron chi connectivity index (χ4n) is 7.46. The minimum atomic E-state index is 0.689. The van der Waals surface area contributed by atoms with Crippen LogP contribution in [0.5, 0.6) is 0 Å². The first-order valence-corrected chi connectivity index (χ1v) is 17.9. The lowest BCUT2D eigenvalue weighted by Gasteiger charge is -2.15. The number of hydrogen-bond acceptors (Lipinski definition) is 3. The first kappa shape index (κ1) is 30.7. The van der Waals surface area contributed by atoms with Crippen molar-refractivity contribution in [3.05, 3.63) is 194 Å². The summed E-state index contributed by atoms with van der Waals surface area (Å²) >= 11 is 0. The van der Waals surface area contributed by atoms with Gasteiger partial charge in [0.2, 0.25) is 0 Å². The van der Waals surface area contributed by atoms with Crippen LogP contribution >= 0.6 is 0 Å². The van der Waals surface area contributed by atoms with Crippen LogP contribution in [-0.4, -0.2) is 9.97 Å². The maximum Gasteiger partial charge on any atom is 0.160 e. The van der Waals surface area contributed by atoms with E-state index in [1.807, 2.05) is 30.3 Å². The predicted octanol–water partition coefficient (Wildman–Crippen LogP) is 13.5. The third-order valence-corrected chi connectivity index (χ3v) is 10.0. The molecular formula is C50H32N2O. The van der Waals surface area contributed by atoms with Gasteiger partial charge in [-0.05, 0) is 81.2 Å². The molecule has 0 saturated carbocycles. The van der Waals surface area contributed by atoms with Crippen molar-refractivity contribution in [2.24, 2.45) is 0 Å². The lowest BCUT2D eigenvalue weighted by atomic mass is 9.90. The molecule has 2 aromatic heterocycles. The average Bonchev–Trinajstić information content (AvgIpc) is 3.64. The summed E-state index contributed by atoms with van der Waals surface area (Å²) in [5, 5.41) is 4.44. The van der Waals surface area contributed by atoms with Crippen molar-refractivity contribution < 1.29 is 4.42 Å². The molecule has 53 heavy (non-hydrogen) atoms. The molecule has 0 unspecified atom stereocenters. The molecule has 0 N–H and O–H groups in total. The second kappa shape index (κ2) is 12.9. The number of rotatable bonds is 6. The molecule has 3 nitrogen and oxygen atoms in total. The van der Waals surface area contributed by atoms with Crippen molar-refractivity contribution in [2.75, 3.05) is 0 Å². The quantitative estimate of drug-likeness (QED) is 0.176. The Hall–Kier alpha value is -7.10. The summed E-state index contributed by atoms with van der Waals surface area (Å²) in [7, 11) is 0. The minimum absolute atomic E-state index is 0.689. The number of para-hydroxylation sites is 1. The molecule has 0 atom stereocenters. The number of fused-ring (bicyclic) bond motifs is 5. The van der Waals surface area contributed by atoms with Crippen LogP contribution in [0.4, 0.5) is 0 Å². The number of furan rings is 1. The van der Waals surface area contributed by atoms with E-state index in [0.29, 0.717) is 5.82 Å². The molecule has 10 aromatic rings. The summed E-state index contributed by atoms with van der Waals surface area (Å²) in [6, 6.07) is 68.1. The van der Waals surface area contributed by atoms with E-state index in [-0.39, 0.29) is 0 Å². The van der Waals surface area contributed by atoms with Crippen LogP contribution in [0.2, 0.25) is 0 Å². The van der Waals surface area contributed by atoms with Gasteiger partial charge in [-0.3, -0.25) is 0 Å². The van der Waals surface area contributed by atoms with Crippen molar-refractivity contribution in [3.63, 3.8) is 0 Å². The van der Waals surface area contributed by atoms with Crippen LogP contribution in [0.1, 0.15) is 0 Å². The van der Waals surface area contributed by atoms with Crippen molar-refractivity contribution >= 4 is 32.7 Å². The molecule has 8 aromatic carbocycles. The van der Waals surface area contributed by atoms with Crippen LogP contribution in [0.3, 0.4) is 0 Å². The maximum atomic E-state index is 6.63. The van der Waals surface area contributed by atoms with Gasteiger partial charge in [0, 0.05) is 32.8 Å². The van der Waals surface area contributed by atoms with E-state index in [0.717, 1.165) is 83.0 Å². The first-order valence-electron chi connectivity index (χ1n) is 17.9. The van der Waals surface area contributed by atoms with Crippen LogP contribution < -0.4 is 0 Å². The Morgan fingerprint density at radius 2 is 0.868 bits per heavy atom. The molecule has 0 fully saturated rings. The fourth-order valence-corrected chi connectivity index (χ4v) is 7.46. The van der Waals surface area contributed by atoms with Gasteiger partial charge in [-0.15, -0.1) is 0 Å². The van der Waals surface area contributed by atoms with Crippen LogP contribution in [0, 0.1) is 0 Å². The van der Waals surface area contributed by atoms with E-state index < -0.39 is 0 Å². The summed E-state index contributed by atoms with van der Waals surface area (Å²) in [6.45, 7) is 0. The van der Waals surface area contributed by atoms with E-state index in [9.17, 15) is 0 Å². The maximum absolute atomic E-state index is 6.63. The molecule has 0 aliphatic carbocycles. The number of nitrogens with zero attached hydrogens (tertiary/aromatic N) is 2. The third kappa shape index (κ3) is 5.65. The molecular weight excluding hydrogens is 645 g/mol. The zero-order chi connectivity index (χ0) is 35.1. The minimum Gasteiger partial charge on any atom is -0.455 e. The predicted molar refractivity (Wildman–Crippen MR) is 219 cm³/mol. The highest BCUT2D eigenvalue weighted by Crippen LogP contribution is 2.43. The van der Waals surface area contributed by atoms with Gasteiger partial charge in [0.25, 0.3) is 0 Å². The average molecular weight is 677 g/mol. The van der Waals surface area contributed by atoms with Crippen molar-refractivity contribution in [1.82, 2.24) is 9.97 Å². The third-order valence-electron chi connectivity index (χ3n) is 10.0. The number of benzene rings is 8. The van der Waals surface area contributed by atoms with Gasteiger partial charge in [-0.25, -0.2) is 9.97 Å². The van der Waals surface area contributed by atoms with Gasteiger partial charge >= 0.3 is 0 Å². The molecule has 10 rings (SSSR count). The summed E-state index contributed by atoms with van der Waals surface area (Å²) in [5.41, 5.74) is 13.3. The van der Waals surface area contributed by atoms with Crippen molar-refractivity contribution in [3.8, 4) is 67.3 Å². The fraction of sp³-hybridized carbons (Fsp3) is 0. The molecule has 0 aliphatic heterocycles. The Balaban J connectivity index is 1.26. The van der Waals surface area contributed by atoms with E-state index in [1.165, 1.54) is 11.1 Å². The van der Waals surface area contributed by atoms with Gasteiger partial charge in [0.1, 0.15) is 11.2 Å². The second-order valence-corrected chi connectivity index (χ2v) is 13.4. The van der Waals surface area contributed by atoms with Crippen LogP contribution in [0.25, 0.3) is 100.0 Å². The summed E-state index contributed by atoms with van der Waals surface area (Å²) in [4.78, 5) is 10.3. The van der Waals surface area contributed by atoms with Gasteiger partial charge in [0.05, 0.1) is 11.4 Å². The van der Waals surface area contributed by atoms with Crippen molar-refractivity contribution in [2.45, 2.75) is 0 Å². The SMILES string of the molecule is c1ccc(-c2cccc(-c3cc(-c4cc(-c5ccccc5)nc(-c5ccccc5)n4)cc(-c4cc5ccccc5c5oc6ccccc6c45)c3)c2)cc1. The Morgan fingerprint density at radius 1 is 0.340 bits per heavy atom. The molecule has 0 aliphatic rings. The van der Waals surface area contributed by atoms with Gasteiger partial charge < -0.3 is 4.42 Å². The molecule has 0 radical (unpaired) electrons. The molecule has 2 heterocycles. The monoisotopic (exact) mass is 676 g/mol. The zero-order valence-electron chi connectivity index (χ0n) is 28.8. The molecule has 0 amide bonds. The van der Waals surface area contributed by atoms with E-state index >= 15 is 0 Å². The highest BCUT2D eigenvalue weighted by atomic mass is 16.3. The topological polar surface area (TPSA) is 38.9 Å². The largest absolute Gasteiger partial charge is 0.455 e. The Labute approximate surface area is 307 Å². The second-order valence-electron chi connectivity index (χ2n) is 13.4. The first-order chi connectivity index (χ1) is 26.2. The molecule has 0 spiro atoms. The Bertz CT molecular complexity index is 2870. The van der Waals surface area contributed by atoms with Gasteiger partial charge in [0.15, 0.2) is 5.82 Å². The molecule has 248 valence electrons. The van der Waals surface area contributed by atoms with Crippen molar-refractivity contribution in [1.29, 1.82) is 0 Å². The normalized spacial score (nSPS) is 11.4. The number of aromatic nitrogens is 2. The van der Waals surface area contributed by atoms with Crippen LogP contribution in [0.15, 0.2) is 199 Å². The molecule has 3 heteroatoms. The van der Waals surface area contributed by atoms with Gasteiger partial charge in [-0.2, -0.15) is 0 Å². The highest BCUT2D eigenvalue weighted by Gasteiger charge is 2.19. The number of hydrogen-bond donors (Lipinski definition) is 0. The van der Waals surface area contributed by atoms with E-state index in [1.54, 1.807) is 0 Å². The molecule has 0 saturated heterocycles.